The number of nitro groups is 2. The number of hydrogen-bond donors (Lipinski definition) is 1. The Hall–Kier alpha value is -3.29. The number of hydrogen-bond acceptors (Lipinski definition) is 6. The number of hydrazone groups is 1. The molecule has 0 amide bonds. The van der Waals surface area contributed by atoms with E-state index < -0.39 is 9.85 Å². The van der Waals surface area contributed by atoms with Gasteiger partial charge in [0.1, 0.15) is 5.69 Å². The van der Waals surface area contributed by atoms with Gasteiger partial charge in [0.2, 0.25) is 0 Å². The summed E-state index contributed by atoms with van der Waals surface area (Å²) in [5, 5.41) is 26.4. The molecule has 1 aliphatic rings. The SMILES string of the molecule is O=[N+]([O-])c1ccc(N/N=C\C2(c3ccccc3)CCCCC2)c([N+](=O)[O-])c1. The summed E-state index contributed by atoms with van der Waals surface area (Å²) < 4.78 is 0. The molecule has 8 nitrogen and oxygen atoms in total. The minimum Gasteiger partial charge on any atom is -0.272 e. The second kappa shape index (κ2) is 7.94. The lowest BCUT2D eigenvalue weighted by Gasteiger charge is -2.34. The zero-order valence-electron chi connectivity index (χ0n) is 14.7. The van der Waals surface area contributed by atoms with Gasteiger partial charge in [-0.25, -0.2) is 0 Å². The van der Waals surface area contributed by atoms with Crippen LogP contribution in [0.15, 0.2) is 53.6 Å². The fourth-order valence-corrected chi connectivity index (χ4v) is 3.55. The van der Waals surface area contributed by atoms with Crippen LogP contribution in [0.2, 0.25) is 0 Å². The van der Waals surface area contributed by atoms with Crippen LogP contribution in [-0.2, 0) is 5.41 Å². The third kappa shape index (κ3) is 4.11. The van der Waals surface area contributed by atoms with Crippen LogP contribution in [0.1, 0.15) is 37.7 Å². The molecular formula is C19H20N4O4. The molecule has 0 aromatic heterocycles. The standard InChI is InChI=1S/C19H20N4O4/c24-22(25)16-9-10-17(18(13-16)23(26)27)21-20-14-19(11-5-2-6-12-19)15-7-3-1-4-8-15/h1,3-4,7-10,13-14,21H,2,5-6,11-12H2/b20-14-. The minimum absolute atomic E-state index is 0.126. The van der Waals surface area contributed by atoms with Crippen LogP contribution in [0, 0.1) is 20.2 Å². The molecule has 1 N–H and O–H groups in total. The highest BCUT2D eigenvalue weighted by Gasteiger charge is 2.32. The van der Waals surface area contributed by atoms with E-state index in [0.29, 0.717) is 0 Å². The predicted molar refractivity (Wildman–Crippen MR) is 103 cm³/mol. The zero-order valence-corrected chi connectivity index (χ0v) is 14.7. The lowest BCUT2D eigenvalue weighted by Crippen LogP contribution is -2.31. The normalized spacial score (nSPS) is 16.1. The molecule has 0 radical (unpaired) electrons. The second-order valence-corrected chi connectivity index (χ2v) is 6.67. The summed E-state index contributed by atoms with van der Waals surface area (Å²) in [5.74, 6) is 0. The summed E-state index contributed by atoms with van der Waals surface area (Å²) in [7, 11) is 0. The molecule has 140 valence electrons. The lowest BCUT2D eigenvalue weighted by molar-refractivity contribution is -0.393. The van der Waals surface area contributed by atoms with Crippen molar-refractivity contribution < 1.29 is 9.85 Å². The van der Waals surface area contributed by atoms with E-state index >= 15 is 0 Å². The number of nitro benzene ring substituents is 2. The maximum Gasteiger partial charge on any atom is 0.301 e. The first-order valence-corrected chi connectivity index (χ1v) is 8.80. The molecule has 0 saturated heterocycles. The van der Waals surface area contributed by atoms with Gasteiger partial charge in [-0.15, -0.1) is 0 Å². The van der Waals surface area contributed by atoms with Crippen molar-refractivity contribution in [3.63, 3.8) is 0 Å². The van der Waals surface area contributed by atoms with Crippen LogP contribution in [0.25, 0.3) is 0 Å². The molecule has 0 bridgehead atoms. The van der Waals surface area contributed by atoms with Gasteiger partial charge in [0, 0.05) is 17.7 Å². The Balaban J connectivity index is 1.87. The number of benzene rings is 2. The molecule has 1 fully saturated rings. The Kier molecular flexibility index (Phi) is 5.44. The van der Waals surface area contributed by atoms with E-state index in [2.05, 4.69) is 22.7 Å². The van der Waals surface area contributed by atoms with E-state index in [9.17, 15) is 20.2 Å². The van der Waals surface area contributed by atoms with Crippen LogP contribution in [-0.4, -0.2) is 16.1 Å². The summed E-state index contributed by atoms with van der Waals surface area (Å²) in [4.78, 5) is 20.8. The molecular weight excluding hydrogens is 348 g/mol. The van der Waals surface area contributed by atoms with Crippen molar-refractivity contribution in [2.24, 2.45) is 5.10 Å². The van der Waals surface area contributed by atoms with Gasteiger partial charge < -0.3 is 0 Å². The van der Waals surface area contributed by atoms with Crippen LogP contribution in [0.5, 0.6) is 0 Å². The number of rotatable bonds is 6. The molecule has 0 aliphatic heterocycles. The Morgan fingerprint density at radius 1 is 0.963 bits per heavy atom. The summed E-state index contributed by atoms with van der Waals surface area (Å²) in [6.45, 7) is 0. The van der Waals surface area contributed by atoms with E-state index in [1.54, 1.807) is 0 Å². The molecule has 3 rings (SSSR count). The highest BCUT2D eigenvalue weighted by molar-refractivity contribution is 5.75. The fraction of sp³-hybridized carbons (Fsp3) is 0.316. The maximum absolute atomic E-state index is 11.2. The van der Waals surface area contributed by atoms with E-state index in [1.807, 2.05) is 24.4 Å². The predicted octanol–water partition coefficient (Wildman–Crippen LogP) is 4.80. The zero-order chi connectivity index (χ0) is 19.3. The quantitative estimate of drug-likeness (QED) is 0.447. The molecule has 0 atom stereocenters. The smallest absolute Gasteiger partial charge is 0.272 e. The second-order valence-electron chi connectivity index (χ2n) is 6.67. The molecule has 2 aromatic carbocycles. The number of nitrogens with one attached hydrogen (secondary N) is 1. The highest BCUT2D eigenvalue weighted by Crippen LogP contribution is 2.38. The van der Waals surface area contributed by atoms with Crippen LogP contribution >= 0.6 is 0 Å². The van der Waals surface area contributed by atoms with Gasteiger partial charge in [0.15, 0.2) is 0 Å². The molecule has 2 aromatic rings. The van der Waals surface area contributed by atoms with Crippen LogP contribution < -0.4 is 5.43 Å². The van der Waals surface area contributed by atoms with E-state index in [1.165, 1.54) is 24.1 Å². The van der Waals surface area contributed by atoms with Crippen LogP contribution in [0.3, 0.4) is 0 Å². The van der Waals surface area contributed by atoms with Gasteiger partial charge >= 0.3 is 5.69 Å². The molecule has 1 saturated carbocycles. The van der Waals surface area contributed by atoms with Crippen molar-refractivity contribution in [1.82, 2.24) is 0 Å². The Morgan fingerprint density at radius 3 is 2.30 bits per heavy atom. The number of anilines is 1. The molecule has 1 aliphatic carbocycles. The van der Waals surface area contributed by atoms with Gasteiger partial charge in [0.25, 0.3) is 5.69 Å². The Labute approximate surface area is 156 Å². The van der Waals surface area contributed by atoms with Crippen LogP contribution in [0.4, 0.5) is 17.1 Å². The largest absolute Gasteiger partial charge is 0.301 e. The lowest BCUT2D eigenvalue weighted by atomic mass is 9.70. The molecule has 0 unspecified atom stereocenters. The van der Waals surface area contributed by atoms with Crippen molar-refractivity contribution >= 4 is 23.3 Å². The van der Waals surface area contributed by atoms with E-state index in [0.717, 1.165) is 31.7 Å². The highest BCUT2D eigenvalue weighted by atomic mass is 16.6. The van der Waals surface area contributed by atoms with Crippen molar-refractivity contribution in [3.8, 4) is 0 Å². The van der Waals surface area contributed by atoms with Gasteiger partial charge in [-0.1, -0.05) is 49.6 Å². The monoisotopic (exact) mass is 368 g/mol. The van der Waals surface area contributed by atoms with Gasteiger partial charge in [-0.05, 0) is 24.5 Å². The topological polar surface area (TPSA) is 111 Å². The molecule has 0 heterocycles. The van der Waals surface area contributed by atoms with Gasteiger partial charge in [-0.2, -0.15) is 5.10 Å². The summed E-state index contributed by atoms with van der Waals surface area (Å²) >= 11 is 0. The minimum atomic E-state index is -0.660. The Bertz CT molecular complexity index is 861. The first-order chi connectivity index (χ1) is 13.0. The number of nitrogens with zero attached hydrogens (tertiary/aromatic N) is 3. The third-order valence-electron chi connectivity index (χ3n) is 4.98. The summed E-state index contributed by atoms with van der Waals surface area (Å²) in [5.41, 5.74) is 3.10. The van der Waals surface area contributed by atoms with Crippen molar-refractivity contribution in [3.05, 3.63) is 74.3 Å². The first kappa shape index (κ1) is 18.5. The number of non-ortho nitro benzene ring substituents is 1. The van der Waals surface area contributed by atoms with Gasteiger partial charge in [-0.3, -0.25) is 25.7 Å². The van der Waals surface area contributed by atoms with Crippen molar-refractivity contribution in [2.45, 2.75) is 37.5 Å². The first-order valence-electron chi connectivity index (χ1n) is 8.80. The average molecular weight is 368 g/mol. The Morgan fingerprint density at radius 2 is 1.67 bits per heavy atom. The van der Waals surface area contributed by atoms with E-state index in [4.69, 9.17) is 0 Å². The van der Waals surface area contributed by atoms with Gasteiger partial charge in [0.05, 0.1) is 15.9 Å². The fourth-order valence-electron chi connectivity index (χ4n) is 3.55. The van der Waals surface area contributed by atoms with Crippen molar-refractivity contribution in [2.75, 3.05) is 5.43 Å². The molecule has 27 heavy (non-hydrogen) atoms. The molecule has 8 heteroatoms. The summed E-state index contributed by atoms with van der Waals surface area (Å²) in [6.07, 6.45) is 7.13. The molecule has 0 spiro atoms. The average Bonchev–Trinajstić information content (AvgIpc) is 2.69. The summed E-state index contributed by atoms with van der Waals surface area (Å²) in [6, 6.07) is 13.6. The van der Waals surface area contributed by atoms with Crippen molar-refractivity contribution in [1.29, 1.82) is 0 Å². The third-order valence-corrected chi connectivity index (χ3v) is 4.98. The van der Waals surface area contributed by atoms with E-state index in [-0.39, 0.29) is 22.5 Å². The maximum atomic E-state index is 11.2.